The van der Waals surface area contributed by atoms with Crippen molar-refractivity contribution in [1.29, 1.82) is 0 Å². The molecule has 10 heteroatoms. The molecule has 0 unspecified atom stereocenters. The number of likely N-dealkylation sites (tertiary alicyclic amines) is 1. The number of piperidine rings is 1. The highest BCUT2D eigenvalue weighted by molar-refractivity contribution is 5.97. The van der Waals surface area contributed by atoms with Gasteiger partial charge in [0.1, 0.15) is 11.8 Å². The zero-order chi connectivity index (χ0) is 27.4. The number of phenolic OH excluding ortho intramolecular Hbond substituents is 1. The van der Waals surface area contributed by atoms with Gasteiger partial charge in [0.15, 0.2) is 11.5 Å². The molecule has 10 nitrogen and oxygen atoms in total. The van der Waals surface area contributed by atoms with E-state index in [4.69, 9.17) is 4.74 Å². The van der Waals surface area contributed by atoms with Crippen LogP contribution in [0.4, 0.5) is 5.69 Å². The number of fused-ring (bicyclic) bond motifs is 1. The third kappa shape index (κ3) is 3.17. The Kier molecular flexibility index (Phi) is 4.90. The van der Waals surface area contributed by atoms with E-state index < -0.39 is 28.1 Å². The minimum absolute atomic E-state index is 0.0289. The van der Waals surface area contributed by atoms with Crippen LogP contribution >= 0.6 is 0 Å². The van der Waals surface area contributed by atoms with Gasteiger partial charge in [-0.05, 0) is 80.1 Å². The van der Waals surface area contributed by atoms with Crippen molar-refractivity contribution in [2.45, 2.75) is 67.7 Å². The molecule has 0 radical (unpaired) electrons. The van der Waals surface area contributed by atoms with Gasteiger partial charge < -0.3 is 20.3 Å². The van der Waals surface area contributed by atoms with Crippen LogP contribution in [0.5, 0.6) is 11.5 Å². The summed E-state index contributed by atoms with van der Waals surface area (Å²) in [6.07, 6.45) is 5.93. The molecule has 2 aromatic carbocycles. The number of amides is 1. The molecule has 206 valence electrons. The molecule has 8 rings (SSSR count). The number of hydrogen-bond donors (Lipinski definition) is 3. The van der Waals surface area contributed by atoms with Gasteiger partial charge in [-0.1, -0.05) is 6.07 Å². The van der Waals surface area contributed by atoms with Gasteiger partial charge in [-0.2, -0.15) is 0 Å². The highest BCUT2D eigenvalue weighted by Gasteiger charge is 2.73. The predicted octanol–water partition coefficient (Wildman–Crippen LogP) is 3.21. The number of nitrogens with one attached hydrogen (secondary N) is 1. The first-order valence-electron chi connectivity index (χ1n) is 14.1. The topological polar surface area (TPSA) is 138 Å². The van der Waals surface area contributed by atoms with Gasteiger partial charge in [-0.3, -0.25) is 24.8 Å². The summed E-state index contributed by atoms with van der Waals surface area (Å²) in [5, 5.41) is 38.9. The van der Waals surface area contributed by atoms with Crippen molar-refractivity contribution in [2.75, 3.05) is 13.1 Å². The SMILES string of the molecule is O=C(N[C@H]1CC[C@@]2(O)[C@H]3Cc4ccc(O)c5c4[C@@]2(CCN3CC2CC2)[C@H]1O5)c1cc2ccc([N+](=O)[O-])cc2cn1. The van der Waals surface area contributed by atoms with Gasteiger partial charge in [-0.15, -0.1) is 0 Å². The Morgan fingerprint density at radius 1 is 1.18 bits per heavy atom. The van der Waals surface area contributed by atoms with Crippen LogP contribution < -0.4 is 10.1 Å². The van der Waals surface area contributed by atoms with E-state index in [9.17, 15) is 25.1 Å². The van der Waals surface area contributed by atoms with E-state index in [0.29, 0.717) is 41.7 Å². The number of carbonyl (C=O) groups is 1. The Labute approximate surface area is 230 Å². The van der Waals surface area contributed by atoms with Crippen molar-refractivity contribution in [1.82, 2.24) is 15.2 Å². The average molecular weight is 543 g/mol. The normalized spacial score (nSPS) is 31.9. The Morgan fingerprint density at radius 2 is 2.02 bits per heavy atom. The van der Waals surface area contributed by atoms with Gasteiger partial charge in [-0.25, -0.2) is 0 Å². The van der Waals surface area contributed by atoms with E-state index in [0.717, 1.165) is 30.6 Å². The molecule has 40 heavy (non-hydrogen) atoms. The Balaban J connectivity index is 1.14. The summed E-state index contributed by atoms with van der Waals surface area (Å²) in [6, 6.07) is 9.33. The van der Waals surface area contributed by atoms with Gasteiger partial charge in [0, 0.05) is 41.9 Å². The smallest absolute Gasteiger partial charge is 0.270 e. The fraction of sp³-hybridized carbons (Fsp3) is 0.467. The number of carbonyl (C=O) groups excluding carboxylic acids is 1. The molecule has 1 amide bonds. The minimum atomic E-state index is -1.02. The number of rotatable bonds is 5. The Morgan fingerprint density at radius 3 is 2.83 bits per heavy atom. The van der Waals surface area contributed by atoms with Crippen LogP contribution in [0.2, 0.25) is 0 Å². The highest BCUT2D eigenvalue weighted by atomic mass is 16.6. The van der Waals surface area contributed by atoms with Crippen LogP contribution in [0.15, 0.2) is 42.6 Å². The lowest BCUT2D eigenvalue weighted by molar-refractivity contribution is -0.384. The number of pyridine rings is 1. The lowest BCUT2D eigenvalue weighted by Crippen LogP contribution is -2.78. The summed E-state index contributed by atoms with van der Waals surface area (Å²) in [7, 11) is 0. The van der Waals surface area contributed by atoms with E-state index in [1.807, 2.05) is 6.07 Å². The molecule has 3 N–H and O–H groups in total. The molecule has 2 bridgehead atoms. The van der Waals surface area contributed by atoms with Crippen molar-refractivity contribution in [3.8, 4) is 11.5 Å². The number of hydrogen-bond acceptors (Lipinski definition) is 8. The molecule has 3 fully saturated rings. The van der Waals surface area contributed by atoms with Gasteiger partial charge in [0.05, 0.1) is 22.0 Å². The Hall–Kier alpha value is -3.76. The van der Waals surface area contributed by atoms with Crippen LogP contribution in [-0.2, 0) is 11.8 Å². The second-order valence-electron chi connectivity index (χ2n) is 12.3. The molecule has 3 aliphatic carbocycles. The van der Waals surface area contributed by atoms with E-state index in [1.165, 1.54) is 31.2 Å². The van der Waals surface area contributed by atoms with E-state index in [1.54, 1.807) is 18.2 Å². The second-order valence-corrected chi connectivity index (χ2v) is 12.3. The lowest BCUT2D eigenvalue weighted by atomic mass is 9.48. The van der Waals surface area contributed by atoms with E-state index >= 15 is 0 Å². The van der Waals surface area contributed by atoms with Crippen LogP contribution in [0, 0.1) is 16.0 Å². The summed E-state index contributed by atoms with van der Waals surface area (Å²) in [5.41, 5.74) is 0.475. The molecule has 5 aliphatic rings. The third-order valence-electron chi connectivity index (χ3n) is 10.2. The van der Waals surface area contributed by atoms with Crippen molar-refractivity contribution in [3.63, 3.8) is 0 Å². The molecule has 5 atom stereocenters. The molecular weight excluding hydrogens is 512 g/mol. The maximum atomic E-state index is 13.5. The number of aromatic nitrogens is 1. The molecule has 1 saturated heterocycles. The summed E-state index contributed by atoms with van der Waals surface area (Å²) >= 11 is 0. The summed E-state index contributed by atoms with van der Waals surface area (Å²) in [4.78, 5) is 30.9. The first kappa shape index (κ1) is 24.1. The summed E-state index contributed by atoms with van der Waals surface area (Å²) in [5.74, 6) is 0.858. The first-order valence-corrected chi connectivity index (χ1v) is 14.1. The molecule has 3 heterocycles. The first-order chi connectivity index (χ1) is 19.3. The van der Waals surface area contributed by atoms with Crippen molar-refractivity contribution in [2.24, 2.45) is 5.92 Å². The highest BCUT2D eigenvalue weighted by Crippen LogP contribution is 2.65. The number of phenols is 1. The maximum absolute atomic E-state index is 13.5. The van der Waals surface area contributed by atoms with Gasteiger partial charge >= 0.3 is 0 Å². The van der Waals surface area contributed by atoms with Gasteiger partial charge in [0.2, 0.25) is 0 Å². The number of nitro groups is 1. The number of nitrogens with zero attached hydrogens (tertiary/aromatic N) is 3. The minimum Gasteiger partial charge on any atom is -0.504 e. The maximum Gasteiger partial charge on any atom is 0.270 e. The van der Waals surface area contributed by atoms with Crippen LogP contribution in [0.25, 0.3) is 10.8 Å². The van der Waals surface area contributed by atoms with Crippen molar-refractivity contribution in [3.05, 3.63) is 69.5 Å². The number of non-ortho nitro benzene ring substituents is 1. The van der Waals surface area contributed by atoms with Crippen LogP contribution in [0.3, 0.4) is 0 Å². The largest absolute Gasteiger partial charge is 0.504 e. The van der Waals surface area contributed by atoms with E-state index in [2.05, 4.69) is 15.2 Å². The fourth-order valence-corrected chi connectivity index (χ4v) is 8.24. The quantitative estimate of drug-likeness (QED) is 0.330. The monoisotopic (exact) mass is 542 g/mol. The standard InChI is InChI=1S/C30H30N4O6/c35-23-6-4-18-13-24-30(37)8-7-21(27-29(30,25(18)26(23)40-27)9-10-33(24)15-16-1-2-16)32-28(36)22-12-17-3-5-20(34(38)39)11-19(17)14-31-22/h3-6,11-12,14,16,21,24,27,35,37H,1-2,7-10,13,15H2,(H,32,36)/t21-,24+,27-,29-,30+/m0/s1. The van der Waals surface area contributed by atoms with Crippen LogP contribution in [-0.4, -0.2) is 67.8 Å². The number of nitro benzene ring substituents is 1. The lowest BCUT2D eigenvalue weighted by Gasteiger charge is -2.64. The molecule has 1 spiro atoms. The van der Waals surface area contributed by atoms with Crippen molar-refractivity contribution < 1.29 is 24.7 Å². The number of benzene rings is 2. The molecule has 2 aliphatic heterocycles. The Bertz CT molecular complexity index is 1610. The average Bonchev–Trinajstić information content (AvgIpc) is 3.69. The van der Waals surface area contributed by atoms with Gasteiger partial charge in [0.25, 0.3) is 11.6 Å². The number of ether oxygens (including phenoxy) is 1. The van der Waals surface area contributed by atoms with Crippen LogP contribution in [0.1, 0.15) is 53.7 Å². The number of aliphatic hydroxyl groups is 1. The zero-order valence-corrected chi connectivity index (χ0v) is 21.9. The molecule has 3 aromatic rings. The third-order valence-corrected chi connectivity index (χ3v) is 10.2. The molecule has 2 saturated carbocycles. The zero-order valence-electron chi connectivity index (χ0n) is 21.9. The molecular formula is C30H30N4O6. The fourth-order valence-electron chi connectivity index (χ4n) is 8.24. The number of aromatic hydroxyl groups is 1. The predicted molar refractivity (Wildman–Crippen MR) is 144 cm³/mol. The molecule has 1 aromatic heterocycles. The summed E-state index contributed by atoms with van der Waals surface area (Å²) in [6.45, 7) is 1.85. The second kappa shape index (κ2) is 8.14. The van der Waals surface area contributed by atoms with E-state index in [-0.39, 0.29) is 29.1 Å². The summed E-state index contributed by atoms with van der Waals surface area (Å²) < 4.78 is 6.53. The van der Waals surface area contributed by atoms with Crippen molar-refractivity contribution >= 4 is 22.4 Å².